The number of benzene rings is 1. The van der Waals surface area contributed by atoms with E-state index in [1.807, 2.05) is 38.1 Å². The molecule has 1 aromatic carbocycles. The van der Waals surface area contributed by atoms with Crippen LogP contribution >= 0.6 is 0 Å². The summed E-state index contributed by atoms with van der Waals surface area (Å²) >= 11 is 0. The zero-order chi connectivity index (χ0) is 15.5. The fourth-order valence-corrected chi connectivity index (χ4v) is 2.31. The summed E-state index contributed by atoms with van der Waals surface area (Å²) in [6.45, 7) is 5.19. The van der Waals surface area contributed by atoms with E-state index in [1.165, 1.54) is 0 Å². The number of ether oxygens (including phenoxy) is 1. The summed E-state index contributed by atoms with van der Waals surface area (Å²) in [5.74, 6) is 1.92. The Balaban J connectivity index is 1.92. The topological polar surface area (TPSA) is 86.0 Å². The van der Waals surface area contributed by atoms with Crippen molar-refractivity contribution < 1.29 is 4.74 Å². The molecule has 3 rings (SSSR count). The predicted molar refractivity (Wildman–Crippen MR) is 86.9 cm³/mol. The number of hydrogen-bond acceptors (Lipinski definition) is 6. The van der Waals surface area contributed by atoms with Crippen molar-refractivity contribution in [2.45, 2.75) is 20.3 Å². The number of aromatic nitrogens is 3. The second kappa shape index (κ2) is 6.11. The van der Waals surface area contributed by atoms with Gasteiger partial charge in [0.05, 0.1) is 13.2 Å². The number of nitrogen functional groups attached to an aromatic ring is 1. The van der Waals surface area contributed by atoms with E-state index in [2.05, 4.69) is 20.3 Å². The van der Waals surface area contributed by atoms with Gasteiger partial charge < -0.3 is 15.8 Å². The summed E-state index contributed by atoms with van der Waals surface area (Å²) in [4.78, 5) is 13.3. The molecule has 0 spiro atoms. The highest BCUT2D eigenvalue weighted by Gasteiger charge is 2.12. The molecule has 0 fully saturated rings. The molecular formula is C16H19N5O. The average molecular weight is 297 g/mol. The van der Waals surface area contributed by atoms with E-state index in [-0.39, 0.29) is 0 Å². The van der Waals surface area contributed by atoms with Gasteiger partial charge in [-0.05, 0) is 43.5 Å². The molecule has 6 heteroatoms. The summed E-state index contributed by atoms with van der Waals surface area (Å²) in [6, 6.07) is 5.72. The molecule has 0 amide bonds. The number of nitrogens with zero attached hydrogens (tertiary/aromatic N) is 3. The van der Waals surface area contributed by atoms with Crippen molar-refractivity contribution in [2.75, 3.05) is 24.3 Å². The molecule has 0 bridgehead atoms. The van der Waals surface area contributed by atoms with E-state index in [0.29, 0.717) is 36.5 Å². The Kier molecular flexibility index (Phi) is 4.02. The van der Waals surface area contributed by atoms with Gasteiger partial charge in [-0.15, -0.1) is 0 Å². The lowest BCUT2D eigenvalue weighted by atomic mass is 10.1. The molecule has 0 atom stereocenters. The Morgan fingerprint density at radius 1 is 1.18 bits per heavy atom. The lowest BCUT2D eigenvalue weighted by Gasteiger charge is -2.14. The molecule has 2 aromatic rings. The van der Waals surface area contributed by atoms with Crippen LogP contribution in [-0.2, 0) is 4.74 Å². The molecule has 0 saturated heterocycles. The van der Waals surface area contributed by atoms with Crippen molar-refractivity contribution in [2.24, 2.45) is 0 Å². The summed E-state index contributed by atoms with van der Waals surface area (Å²) in [5.41, 5.74) is 9.63. The molecule has 1 aromatic heterocycles. The van der Waals surface area contributed by atoms with Crippen molar-refractivity contribution in [3.63, 3.8) is 0 Å². The van der Waals surface area contributed by atoms with E-state index in [0.717, 1.165) is 23.2 Å². The summed E-state index contributed by atoms with van der Waals surface area (Å²) in [7, 11) is 0. The standard InChI is InChI=1S/C16H19N5O/c1-10-3-4-13(17)9-14(10)20-16-19-11(2)18-15(21-16)12-5-7-22-8-6-12/h3-5,9H,6-8,17H2,1-2H3,(H,18,19,20,21). The van der Waals surface area contributed by atoms with E-state index in [4.69, 9.17) is 10.5 Å². The van der Waals surface area contributed by atoms with Crippen molar-refractivity contribution in [3.05, 3.63) is 41.5 Å². The number of hydrogen-bond donors (Lipinski definition) is 2. The fraction of sp³-hybridized carbons (Fsp3) is 0.312. The Morgan fingerprint density at radius 2 is 2.05 bits per heavy atom. The quantitative estimate of drug-likeness (QED) is 0.847. The molecule has 0 radical (unpaired) electrons. The third kappa shape index (κ3) is 3.23. The minimum atomic E-state index is 0.531. The highest BCUT2D eigenvalue weighted by Crippen LogP contribution is 2.23. The van der Waals surface area contributed by atoms with E-state index >= 15 is 0 Å². The van der Waals surface area contributed by atoms with Crippen molar-refractivity contribution in [1.29, 1.82) is 0 Å². The van der Waals surface area contributed by atoms with Gasteiger partial charge in [0, 0.05) is 11.4 Å². The first-order chi connectivity index (χ1) is 10.6. The fourth-order valence-electron chi connectivity index (χ4n) is 2.31. The first kappa shape index (κ1) is 14.5. The molecule has 2 heterocycles. The normalized spacial score (nSPS) is 14.5. The van der Waals surface area contributed by atoms with Gasteiger partial charge in [-0.1, -0.05) is 12.1 Å². The zero-order valence-electron chi connectivity index (χ0n) is 12.8. The van der Waals surface area contributed by atoms with Gasteiger partial charge in [-0.2, -0.15) is 9.97 Å². The second-order valence-electron chi connectivity index (χ2n) is 5.28. The van der Waals surface area contributed by atoms with E-state index in [9.17, 15) is 0 Å². The van der Waals surface area contributed by atoms with Crippen LogP contribution < -0.4 is 11.1 Å². The highest BCUT2D eigenvalue weighted by molar-refractivity contribution is 5.65. The van der Waals surface area contributed by atoms with Gasteiger partial charge in [-0.25, -0.2) is 4.98 Å². The smallest absolute Gasteiger partial charge is 0.231 e. The third-order valence-electron chi connectivity index (χ3n) is 3.51. The average Bonchev–Trinajstić information content (AvgIpc) is 2.51. The second-order valence-corrected chi connectivity index (χ2v) is 5.28. The predicted octanol–water partition coefficient (Wildman–Crippen LogP) is 2.62. The number of nitrogens with one attached hydrogen (secondary N) is 1. The van der Waals surface area contributed by atoms with Crippen LogP contribution in [0.2, 0.25) is 0 Å². The highest BCUT2D eigenvalue weighted by atomic mass is 16.5. The maximum Gasteiger partial charge on any atom is 0.231 e. The monoisotopic (exact) mass is 297 g/mol. The van der Waals surface area contributed by atoms with Crippen LogP contribution in [0.15, 0.2) is 24.3 Å². The van der Waals surface area contributed by atoms with Gasteiger partial charge in [0.25, 0.3) is 0 Å². The Hall–Kier alpha value is -2.47. The first-order valence-electron chi connectivity index (χ1n) is 7.25. The number of anilines is 3. The Bertz CT molecular complexity index is 726. The molecule has 1 aliphatic rings. The summed E-state index contributed by atoms with van der Waals surface area (Å²) in [6.07, 6.45) is 2.84. The van der Waals surface area contributed by atoms with Crippen LogP contribution in [0.25, 0.3) is 5.57 Å². The molecule has 3 N–H and O–H groups in total. The van der Waals surface area contributed by atoms with Gasteiger partial charge >= 0.3 is 0 Å². The third-order valence-corrected chi connectivity index (χ3v) is 3.51. The van der Waals surface area contributed by atoms with Gasteiger partial charge in [0.1, 0.15) is 5.82 Å². The molecule has 0 aliphatic carbocycles. The molecule has 114 valence electrons. The number of rotatable bonds is 3. The Morgan fingerprint density at radius 3 is 2.82 bits per heavy atom. The van der Waals surface area contributed by atoms with E-state index in [1.54, 1.807) is 0 Å². The Labute approximate surface area is 129 Å². The first-order valence-corrected chi connectivity index (χ1v) is 7.25. The van der Waals surface area contributed by atoms with E-state index < -0.39 is 0 Å². The molecular weight excluding hydrogens is 278 g/mol. The maximum atomic E-state index is 5.84. The van der Waals surface area contributed by atoms with Gasteiger partial charge in [0.2, 0.25) is 5.95 Å². The minimum Gasteiger partial charge on any atom is -0.399 e. The molecule has 0 unspecified atom stereocenters. The lowest BCUT2D eigenvalue weighted by Crippen LogP contribution is -2.10. The SMILES string of the molecule is Cc1nc(Nc2cc(N)ccc2C)nc(C2=CCOCC2)n1. The molecule has 0 saturated carbocycles. The van der Waals surface area contributed by atoms with Crippen LogP contribution in [0.1, 0.15) is 23.6 Å². The van der Waals surface area contributed by atoms with Gasteiger partial charge in [0.15, 0.2) is 5.82 Å². The van der Waals surface area contributed by atoms with Crippen LogP contribution in [0, 0.1) is 13.8 Å². The largest absolute Gasteiger partial charge is 0.399 e. The maximum absolute atomic E-state index is 5.84. The lowest BCUT2D eigenvalue weighted by molar-refractivity contribution is 0.161. The van der Waals surface area contributed by atoms with Crippen LogP contribution in [-0.4, -0.2) is 28.2 Å². The van der Waals surface area contributed by atoms with Crippen LogP contribution in [0.5, 0.6) is 0 Å². The van der Waals surface area contributed by atoms with Crippen molar-refractivity contribution in [1.82, 2.24) is 15.0 Å². The number of nitrogens with two attached hydrogens (primary N) is 1. The molecule has 22 heavy (non-hydrogen) atoms. The van der Waals surface area contributed by atoms with Gasteiger partial charge in [-0.3, -0.25) is 0 Å². The molecule has 1 aliphatic heterocycles. The molecule has 6 nitrogen and oxygen atoms in total. The van der Waals surface area contributed by atoms with Crippen molar-refractivity contribution >= 4 is 22.9 Å². The minimum absolute atomic E-state index is 0.531. The summed E-state index contributed by atoms with van der Waals surface area (Å²) in [5, 5.41) is 3.23. The van der Waals surface area contributed by atoms with Crippen LogP contribution in [0.4, 0.5) is 17.3 Å². The summed E-state index contributed by atoms with van der Waals surface area (Å²) < 4.78 is 5.33. The zero-order valence-corrected chi connectivity index (χ0v) is 12.8. The number of aryl methyl sites for hydroxylation is 2. The van der Waals surface area contributed by atoms with Crippen LogP contribution in [0.3, 0.4) is 0 Å². The van der Waals surface area contributed by atoms with Crippen molar-refractivity contribution in [3.8, 4) is 0 Å².